The van der Waals surface area contributed by atoms with E-state index in [0.29, 0.717) is 0 Å². The van der Waals surface area contributed by atoms with Crippen molar-refractivity contribution >= 4 is 34.6 Å². The van der Waals surface area contributed by atoms with Gasteiger partial charge in [-0.25, -0.2) is 4.98 Å². The summed E-state index contributed by atoms with van der Waals surface area (Å²) in [7, 11) is 0. The van der Waals surface area contributed by atoms with E-state index in [1.807, 2.05) is 42.2 Å². The highest BCUT2D eigenvalue weighted by Gasteiger charge is 2.10. The Labute approximate surface area is 186 Å². The number of pyridine rings is 1. The van der Waals surface area contributed by atoms with Crippen LogP contribution in [0.4, 0.5) is 0 Å². The fourth-order valence-corrected chi connectivity index (χ4v) is 5.17. The van der Waals surface area contributed by atoms with Gasteiger partial charge in [-0.1, -0.05) is 23.9 Å². The van der Waals surface area contributed by atoms with E-state index in [-0.39, 0.29) is 13.2 Å². The zero-order valence-electron chi connectivity index (χ0n) is 17.4. The molecule has 6 nitrogen and oxygen atoms in total. The lowest BCUT2D eigenvalue weighted by Gasteiger charge is -2.21. The quantitative estimate of drug-likeness (QED) is 0.345. The van der Waals surface area contributed by atoms with Crippen molar-refractivity contribution in [2.75, 3.05) is 38.6 Å². The average molecular weight is 447 g/mol. The van der Waals surface area contributed by atoms with E-state index in [1.54, 1.807) is 11.8 Å². The molecule has 0 saturated carbocycles. The van der Waals surface area contributed by atoms with Gasteiger partial charge in [0.05, 0.1) is 16.7 Å². The van der Waals surface area contributed by atoms with E-state index in [4.69, 9.17) is 10.2 Å². The summed E-state index contributed by atoms with van der Waals surface area (Å²) in [5.74, 6) is 1.75. The number of aliphatic hydroxyl groups excluding tert-OH is 2. The molecule has 0 aliphatic carbocycles. The summed E-state index contributed by atoms with van der Waals surface area (Å²) in [6, 6.07) is 10.1. The van der Waals surface area contributed by atoms with Crippen molar-refractivity contribution in [3.8, 4) is 0 Å². The van der Waals surface area contributed by atoms with Crippen molar-refractivity contribution in [2.45, 2.75) is 35.6 Å². The van der Waals surface area contributed by atoms with Crippen LogP contribution in [0.5, 0.6) is 0 Å². The van der Waals surface area contributed by atoms with E-state index < -0.39 is 0 Å². The Morgan fingerprint density at radius 2 is 1.77 bits per heavy atom. The highest BCUT2D eigenvalue weighted by Crippen LogP contribution is 2.28. The number of H-pyrrole nitrogens is 1. The van der Waals surface area contributed by atoms with Crippen LogP contribution in [0, 0.1) is 6.92 Å². The monoisotopic (exact) mass is 446 g/mol. The zero-order valence-corrected chi connectivity index (χ0v) is 19.0. The van der Waals surface area contributed by atoms with E-state index >= 15 is 0 Å². The molecule has 3 aromatic rings. The van der Waals surface area contributed by atoms with Crippen LogP contribution in [0.3, 0.4) is 0 Å². The second-order valence-corrected chi connectivity index (χ2v) is 9.17. The van der Waals surface area contributed by atoms with Gasteiger partial charge in [0.2, 0.25) is 0 Å². The van der Waals surface area contributed by atoms with Gasteiger partial charge < -0.3 is 20.1 Å². The largest absolute Gasteiger partial charge is 0.396 e. The number of fused-ring (bicyclic) bond motifs is 1. The fraction of sp³-hybridized carbons (Fsp3) is 0.455. The van der Waals surface area contributed by atoms with Gasteiger partial charge in [-0.15, -0.1) is 11.8 Å². The first-order valence-electron chi connectivity index (χ1n) is 10.3. The van der Waals surface area contributed by atoms with E-state index in [0.717, 1.165) is 65.9 Å². The van der Waals surface area contributed by atoms with Crippen LogP contribution in [0.1, 0.15) is 24.1 Å². The summed E-state index contributed by atoms with van der Waals surface area (Å²) < 4.78 is 0. The Morgan fingerprint density at radius 3 is 2.50 bits per heavy atom. The second kappa shape index (κ2) is 12.3. The molecule has 0 atom stereocenters. The minimum absolute atomic E-state index is 0.207. The van der Waals surface area contributed by atoms with Gasteiger partial charge >= 0.3 is 0 Å². The summed E-state index contributed by atoms with van der Waals surface area (Å²) in [6.07, 6.45) is 3.43. The molecule has 0 amide bonds. The molecule has 30 heavy (non-hydrogen) atoms. The van der Waals surface area contributed by atoms with Crippen molar-refractivity contribution in [1.29, 1.82) is 0 Å². The number of thioether (sulfide) groups is 2. The Hall–Kier alpha value is -1.58. The predicted octanol–water partition coefficient (Wildman–Crippen LogP) is 3.72. The number of hydrogen-bond acceptors (Lipinski definition) is 7. The number of nitrogens with one attached hydrogen (secondary N) is 1. The van der Waals surface area contributed by atoms with Gasteiger partial charge in [-0.2, -0.15) is 0 Å². The maximum Gasteiger partial charge on any atom is 0.166 e. The molecule has 2 aromatic heterocycles. The maximum absolute atomic E-state index is 9.09. The molecule has 0 unspecified atom stereocenters. The Kier molecular flexibility index (Phi) is 9.48. The van der Waals surface area contributed by atoms with E-state index in [9.17, 15) is 0 Å². The van der Waals surface area contributed by atoms with Gasteiger partial charge in [-0.05, 0) is 43.5 Å². The fourth-order valence-electron chi connectivity index (χ4n) is 3.20. The third-order valence-electron chi connectivity index (χ3n) is 4.90. The first-order valence-corrected chi connectivity index (χ1v) is 12.3. The maximum atomic E-state index is 9.09. The minimum Gasteiger partial charge on any atom is -0.396 e. The summed E-state index contributed by atoms with van der Waals surface area (Å²) in [5.41, 5.74) is 4.35. The van der Waals surface area contributed by atoms with Crippen LogP contribution in [0.25, 0.3) is 11.0 Å². The van der Waals surface area contributed by atoms with Crippen molar-refractivity contribution in [2.24, 2.45) is 0 Å². The smallest absolute Gasteiger partial charge is 0.166 e. The molecule has 162 valence electrons. The molecule has 3 N–H and O–H groups in total. The molecule has 0 bridgehead atoms. The number of aromatic nitrogens is 3. The topological polar surface area (TPSA) is 85.3 Å². The molecule has 0 saturated heterocycles. The lowest BCUT2D eigenvalue weighted by molar-refractivity contribution is 0.208. The normalized spacial score (nSPS) is 11.6. The molecule has 0 aliphatic heterocycles. The zero-order chi connectivity index (χ0) is 21.2. The summed E-state index contributed by atoms with van der Waals surface area (Å²) in [6.45, 7) is 5.23. The molecule has 0 fully saturated rings. The van der Waals surface area contributed by atoms with Crippen molar-refractivity contribution in [3.05, 3.63) is 47.8 Å². The first-order chi connectivity index (χ1) is 14.7. The first kappa shape index (κ1) is 23.1. The number of nitrogens with zero attached hydrogens (tertiary/aromatic N) is 3. The highest BCUT2D eigenvalue weighted by atomic mass is 32.2. The molecular weight excluding hydrogens is 416 g/mol. The lowest BCUT2D eigenvalue weighted by Crippen LogP contribution is -2.29. The number of rotatable bonds is 13. The Bertz CT molecular complexity index is 878. The number of hydrogen-bond donors (Lipinski definition) is 3. The number of aromatic amines is 1. The van der Waals surface area contributed by atoms with Gasteiger partial charge in [0.1, 0.15) is 0 Å². The molecular formula is C22H30N4O2S2. The molecule has 2 heterocycles. The summed E-state index contributed by atoms with van der Waals surface area (Å²) in [5, 5.41) is 19.1. The molecule has 3 rings (SSSR count). The molecule has 0 spiro atoms. The van der Waals surface area contributed by atoms with Crippen LogP contribution in [0.2, 0.25) is 0 Å². The van der Waals surface area contributed by atoms with Crippen LogP contribution < -0.4 is 0 Å². The van der Waals surface area contributed by atoms with Gasteiger partial charge in [0, 0.05) is 55.4 Å². The van der Waals surface area contributed by atoms with Gasteiger partial charge in [0.15, 0.2) is 5.16 Å². The third kappa shape index (κ3) is 6.72. The Balaban J connectivity index is 1.54. The predicted molar refractivity (Wildman–Crippen MR) is 125 cm³/mol. The standard InChI is InChI=1S/C22H30N4O2S2/c1-17-20(16-30-22-24-18-6-2-3-7-19(18)25-22)23-9-8-21(17)29-15-12-26(10-4-13-27)11-5-14-28/h2-3,6-9,27-28H,4-5,10-16H2,1H3,(H,24,25). The minimum atomic E-state index is 0.207. The van der Waals surface area contributed by atoms with Crippen LogP contribution in [-0.2, 0) is 5.75 Å². The van der Waals surface area contributed by atoms with Gasteiger partial charge in [0.25, 0.3) is 0 Å². The SMILES string of the molecule is Cc1c(SCCN(CCCO)CCCO)ccnc1CSc1nc2ccccc2[nH]1. The molecule has 0 aliphatic rings. The van der Waals surface area contributed by atoms with Crippen molar-refractivity contribution in [1.82, 2.24) is 19.9 Å². The number of benzene rings is 1. The van der Waals surface area contributed by atoms with E-state index in [2.05, 4.69) is 32.8 Å². The van der Waals surface area contributed by atoms with Crippen LogP contribution in [0.15, 0.2) is 46.6 Å². The van der Waals surface area contributed by atoms with E-state index in [1.165, 1.54) is 10.5 Å². The number of imidazole rings is 1. The number of para-hydroxylation sites is 2. The highest BCUT2D eigenvalue weighted by molar-refractivity contribution is 7.99. The molecule has 8 heteroatoms. The second-order valence-electron chi connectivity index (χ2n) is 7.07. The lowest BCUT2D eigenvalue weighted by atomic mass is 10.2. The summed E-state index contributed by atoms with van der Waals surface area (Å²) in [4.78, 5) is 16.2. The van der Waals surface area contributed by atoms with Gasteiger partial charge in [-0.3, -0.25) is 4.98 Å². The van der Waals surface area contributed by atoms with Crippen molar-refractivity contribution < 1.29 is 10.2 Å². The Morgan fingerprint density at radius 1 is 1.00 bits per heavy atom. The molecule has 0 radical (unpaired) electrons. The van der Waals surface area contributed by atoms with Crippen LogP contribution >= 0.6 is 23.5 Å². The number of aliphatic hydroxyl groups is 2. The summed E-state index contributed by atoms with van der Waals surface area (Å²) >= 11 is 3.52. The van der Waals surface area contributed by atoms with Crippen LogP contribution in [-0.4, -0.2) is 68.7 Å². The molecule has 1 aromatic carbocycles. The third-order valence-corrected chi connectivity index (χ3v) is 6.93. The average Bonchev–Trinajstić information content (AvgIpc) is 3.18. The van der Waals surface area contributed by atoms with Crippen molar-refractivity contribution in [3.63, 3.8) is 0 Å².